The number of rotatable bonds is 4. The quantitative estimate of drug-likeness (QED) is 0.748. The number of primary amides is 1. The molecule has 0 radical (unpaired) electrons. The van der Waals surface area contributed by atoms with E-state index in [1.54, 1.807) is 0 Å². The number of nitrogens with two attached hydrogens (primary N) is 2. The number of thioether (sulfide) groups is 1. The number of amides is 1. The average molecular weight is 324 g/mol. The van der Waals surface area contributed by atoms with Crippen LogP contribution in [0.2, 0.25) is 0 Å². The Morgan fingerprint density at radius 3 is 2.26 bits per heavy atom. The highest BCUT2D eigenvalue weighted by molar-refractivity contribution is 8.00. The van der Waals surface area contributed by atoms with Crippen LogP contribution in [-0.2, 0) is 4.79 Å². The van der Waals surface area contributed by atoms with E-state index < -0.39 is 10.9 Å². The first-order valence-electron chi connectivity index (χ1n) is 7.04. The van der Waals surface area contributed by atoms with E-state index in [9.17, 15) is 4.79 Å². The van der Waals surface area contributed by atoms with Gasteiger partial charge in [-0.05, 0) is 12.1 Å². The first kappa shape index (κ1) is 15.3. The Balaban J connectivity index is 2.00. The van der Waals surface area contributed by atoms with Crippen LogP contribution in [0, 0.1) is 0 Å². The van der Waals surface area contributed by atoms with Crippen molar-refractivity contribution in [3.63, 3.8) is 0 Å². The molecule has 0 saturated heterocycles. The van der Waals surface area contributed by atoms with Crippen LogP contribution >= 0.6 is 11.8 Å². The van der Waals surface area contributed by atoms with E-state index in [0.717, 1.165) is 10.5 Å². The minimum Gasteiger partial charge on any atom is -0.366 e. The summed E-state index contributed by atoms with van der Waals surface area (Å²) in [6.07, 6.45) is 1.54. The summed E-state index contributed by atoms with van der Waals surface area (Å²) in [7, 11) is 0. The SMILES string of the molecule is NC(=O)C1=CNC(c2ccccc2)=NC1(N)Sc1ccccc1. The number of nitrogens with zero attached hydrogens (tertiary/aromatic N) is 1. The van der Waals surface area contributed by atoms with Crippen LogP contribution < -0.4 is 16.8 Å². The highest BCUT2D eigenvalue weighted by Crippen LogP contribution is 2.37. The molecule has 0 bridgehead atoms. The van der Waals surface area contributed by atoms with Gasteiger partial charge >= 0.3 is 0 Å². The topological polar surface area (TPSA) is 93.5 Å². The third kappa shape index (κ3) is 3.28. The van der Waals surface area contributed by atoms with Crippen molar-refractivity contribution in [2.75, 3.05) is 0 Å². The molecule has 1 amide bonds. The summed E-state index contributed by atoms with van der Waals surface area (Å²) in [5.41, 5.74) is 13.0. The Morgan fingerprint density at radius 2 is 1.65 bits per heavy atom. The highest BCUT2D eigenvalue weighted by atomic mass is 32.2. The predicted octanol–water partition coefficient (Wildman–Crippen LogP) is 1.81. The second kappa shape index (κ2) is 6.28. The highest BCUT2D eigenvalue weighted by Gasteiger charge is 2.37. The Kier molecular flexibility index (Phi) is 4.18. The molecule has 2 aromatic rings. The van der Waals surface area contributed by atoms with Gasteiger partial charge in [-0.3, -0.25) is 10.5 Å². The normalized spacial score (nSPS) is 20.2. The fraction of sp³-hybridized carbons (Fsp3) is 0.0588. The number of carbonyl (C=O) groups is 1. The largest absolute Gasteiger partial charge is 0.366 e. The molecule has 0 fully saturated rings. The summed E-state index contributed by atoms with van der Waals surface area (Å²) in [6, 6.07) is 19.1. The van der Waals surface area contributed by atoms with Crippen LogP contribution in [0.3, 0.4) is 0 Å². The lowest BCUT2D eigenvalue weighted by atomic mass is 10.1. The van der Waals surface area contributed by atoms with E-state index in [-0.39, 0.29) is 5.57 Å². The van der Waals surface area contributed by atoms with Gasteiger partial charge in [-0.2, -0.15) is 0 Å². The zero-order valence-corrected chi connectivity index (χ0v) is 13.1. The second-order valence-electron chi connectivity index (χ2n) is 5.00. The maximum Gasteiger partial charge on any atom is 0.250 e. The monoisotopic (exact) mass is 324 g/mol. The third-order valence-corrected chi connectivity index (χ3v) is 4.48. The summed E-state index contributed by atoms with van der Waals surface area (Å²) in [5, 5.41) is 3.00. The van der Waals surface area contributed by atoms with Gasteiger partial charge in [-0.25, -0.2) is 4.99 Å². The lowest BCUT2D eigenvalue weighted by Gasteiger charge is -2.30. The van der Waals surface area contributed by atoms with Crippen molar-refractivity contribution in [2.45, 2.75) is 9.89 Å². The van der Waals surface area contributed by atoms with Crippen LogP contribution in [0.5, 0.6) is 0 Å². The number of hydrogen-bond donors (Lipinski definition) is 3. The fourth-order valence-electron chi connectivity index (χ4n) is 2.24. The number of carbonyl (C=O) groups excluding carboxylic acids is 1. The summed E-state index contributed by atoms with van der Waals surface area (Å²) in [4.78, 5) is 15.9. The zero-order chi connectivity index (χ0) is 16.3. The van der Waals surface area contributed by atoms with Gasteiger partial charge in [-0.1, -0.05) is 60.3 Å². The Hall–Kier alpha value is -2.57. The molecule has 5 nitrogen and oxygen atoms in total. The van der Waals surface area contributed by atoms with E-state index in [0.29, 0.717) is 5.84 Å². The molecule has 6 heteroatoms. The van der Waals surface area contributed by atoms with E-state index in [1.807, 2.05) is 60.7 Å². The molecule has 1 atom stereocenters. The first-order chi connectivity index (χ1) is 11.1. The molecule has 0 aliphatic carbocycles. The standard InChI is InChI=1S/C17H16N4OS/c18-15(22)14-11-20-16(12-7-3-1-4-8-12)21-17(14,19)23-13-9-5-2-6-10-13/h1-11H,19H2,(H2,18,22)(H,20,21). The van der Waals surface area contributed by atoms with Crippen molar-refractivity contribution in [1.29, 1.82) is 0 Å². The van der Waals surface area contributed by atoms with Crippen LogP contribution in [0.1, 0.15) is 5.56 Å². The van der Waals surface area contributed by atoms with Crippen LogP contribution in [0.25, 0.3) is 0 Å². The Bertz CT molecular complexity index is 774. The first-order valence-corrected chi connectivity index (χ1v) is 7.85. The predicted molar refractivity (Wildman–Crippen MR) is 92.6 cm³/mol. The minimum atomic E-state index is -1.27. The number of amidine groups is 1. The van der Waals surface area contributed by atoms with Gasteiger partial charge in [0, 0.05) is 16.7 Å². The Labute approximate surface area is 138 Å². The summed E-state index contributed by atoms with van der Waals surface area (Å²) < 4.78 is 0. The van der Waals surface area contributed by atoms with Crippen LogP contribution in [0.15, 0.2) is 82.3 Å². The second-order valence-corrected chi connectivity index (χ2v) is 6.30. The van der Waals surface area contributed by atoms with E-state index in [1.165, 1.54) is 18.0 Å². The molecule has 0 spiro atoms. The minimum absolute atomic E-state index is 0.228. The molecule has 0 aromatic heterocycles. The van der Waals surface area contributed by atoms with Crippen molar-refractivity contribution in [3.8, 4) is 0 Å². The molecule has 1 aliphatic rings. The van der Waals surface area contributed by atoms with Crippen LogP contribution in [0.4, 0.5) is 0 Å². The van der Waals surface area contributed by atoms with Crippen LogP contribution in [-0.4, -0.2) is 16.7 Å². The lowest BCUT2D eigenvalue weighted by molar-refractivity contribution is -0.114. The van der Waals surface area contributed by atoms with Gasteiger partial charge in [0.25, 0.3) is 5.91 Å². The van der Waals surface area contributed by atoms with Gasteiger partial charge in [0.1, 0.15) is 5.84 Å². The molecule has 2 aromatic carbocycles. The van der Waals surface area contributed by atoms with E-state index >= 15 is 0 Å². The number of nitrogens with one attached hydrogen (secondary N) is 1. The summed E-state index contributed by atoms with van der Waals surface area (Å²) in [5.74, 6) is 0.000763. The third-order valence-electron chi connectivity index (χ3n) is 3.35. The molecule has 116 valence electrons. The number of aliphatic imine (C=N–C) groups is 1. The van der Waals surface area contributed by atoms with E-state index in [2.05, 4.69) is 10.3 Å². The zero-order valence-electron chi connectivity index (χ0n) is 12.3. The van der Waals surface area contributed by atoms with E-state index in [4.69, 9.17) is 11.5 Å². The van der Waals surface area contributed by atoms with Gasteiger partial charge in [0.15, 0.2) is 4.99 Å². The van der Waals surface area contributed by atoms with Crippen molar-refractivity contribution in [3.05, 3.63) is 78.0 Å². The maximum atomic E-state index is 11.8. The molecule has 23 heavy (non-hydrogen) atoms. The number of hydrogen-bond acceptors (Lipinski definition) is 5. The molecular weight excluding hydrogens is 308 g/mol. The maximum absolute atomic E-state index is 11.8. The molecule has 5 N–H and O–H groups in total. The molecule has 1 aliphatic heterocycles. The van der Waals surface area contributed by atoms with Crippen molar-refractivity contribution in [2.24, 2.45) is 16.5 Å². The van der Waals surface area contributed by atoms with Crippen molar-refractivity contribution < 1.29 is 4.79 Å². The van der Waals surface area contributed by atoms with Gasteiger partial charge in [-0.15, -0.1) is 0 Å². The Morgan fingerprint density at radius 1 is 1.04 bits per heavy atom. The molecule has 1 heterocycles. The van der Waals surface area contributed by atoms with Crippen molar-refractivity contribution in [1.82, 2.24) is 5.32 Å². The molecule has 0 saturated carbocycles. The molecule has 1 unspecified atom stereocenters. The smallest absolute Gasteiger partial charge is 0.250 e. The number of benzene rings is 2. The van der Waals surface area contributed by atoms with Gasteiger partial charge in [0.05, 0.1) is 5.57 Å². The van der Waals surface area contributed by atoms with Crippen molar-refractivity contribution >= 4 is 23.5 Å². The van der Waals surface area contributed by atoms with Gasteiger partial charge < -0.3 is 11.1 Å². The molecule has 3 rings (SSSR count). The average Bonchev–Trinajstić information content (AvgIpc) is 2.55. The molecular formula is C17H16N4OS. The summed E-state index contributed by atoms with van der Waals surface area (Å²) >= 11 is 1.28. The van der Waals surface area contributed by atoms with Gasteiger partial charge in [0.2, 0.25) is 0 Å². The fourth-order valence-corrected chi connectivity index (χ4v) is 3.30. The lowest BCUT2D eigenvalue weighted by Crippen LogP contribution is -2.47. The summed E-state index contributed by atoms with van der Waals surface area (Å²) in [6.45, 7) is 0.